The number of methoxy groups -OCH3 is 1. The minimum absolute atomic E-state index is 0.340. The SMILES string of the molecule is COc1cc(C(F)(F)F)cc(C(=O)Cl)c1F. The molecule has 0 heterocycles. The molecular formula is C9H5ClF4O2. The molecule has 0 spiro atoms. The smallest absolute Gasteiger partial charge is 0.416 e. The highest BCUT2D eigenvalue weighted by atomic mass is 35.5. The summed E-state index contributed by atoms with van der Waals surface area (Å²) in [5, 5.41) is -1.32. The van der Waals surface area contributed by atoms with Crippen LogP contribution in [-0.4, -0.2) is 12.4 Å². The molecule has 0 radical (unpaired) electrons. The van der Waals surface area contributed by atoms with Crippen LogP contribution in [-0.2, 0) is 6.18 Å². The molecule has 7 heteroatoms. The largest absolute Gasteiger partial charge is 0.494 e. The maximum Gasteiger partial charge on any atom is 0.416 e. The van der Waals surface area contributed by atoms with Gasteiger partial charge in [0.05, 0.1) is 18.2 Å². The molecule has 0 aromatic heterocycles. The van der Waals surface area contributed by atoms with E-state index >= 15 is 0 Å². The summed E-state index contributed by atoms with van der Waals surface area (Å²) in [6, 6.07) is 0.797. The van der Waals surface area contributed by atoms with Crippen LogP contribution in [0.2, 0.25) is 0 Å². The van der Waals surface area contributed by atoms with E-state index in [4.69, 9.17) is 11.6 Å². The fraction of sp³-hybridized carbons (Fsp3) is 0.222. The van der Waals surface area contributed by atoms with Crippen LogP contribution in [0.1, 0.15) is 15.9 Å². The van der Waals surface area contributed by atoms with Crippen molar-refractivity contribution in [1.82, 2.24) is 0 Å². The molecule has 0 fully saturated rings. The van der Waals surface area contributed by atoms with Crippen LogP contribution in [0, 0.1) is 5.82 Å². The van der Waals surface area contributed by atoms with Crippen LogP contribution >= 0.6 is 11.6 Å². The van der Waals surface area contributed by atoms with Gasteiger partial charge in [0.15, 0.2) is 11.6 Å². The summed E-state index contributed by atoms with van der Waals surface area (Å²) in [6.45, 7) is 0. The van der Waals surface area contributed by atoms with Gasteiger partial charge in [0.2, 0.25) is 0 Å². The molecule has 88 valence electrons. The fourth-order valence-corrected chi connectivity index (χ4v) is 1.19. The molecule has 0 saturated heterocycles. The lowest BCUT2D eigenvalue weighted by molar-refractivity contribution is -0.137. The van der Waals surface area contributed by atoms with Crippen LogP contribution in [0.3, 0.4) is 0 Å². The van der Waals surface area contributed by atoms with Crippen molar-refractivity contribution < 1.29 is 27.1 Å². The summed E-state index contributed by atoms with van der Waals surface area (Å²) in [6.07, 6.45) is -4.71. The number of rotatable bonds is 2. The zero-order valence-electron chi connectivity index (χ0n) is 7.86. The highest BCUT2D eigenvalue weighted by molar-refractivity contribution is 6.67. The van der Waals surface area contributed by atoms with Crippen LogP contribution in [0.15, 0.2) is 12.1 Å². The lowest BCUT2D eigenvalue weighted by Gasteiger charge is -2.11. The van der Waals surface area contributed by atoms with Gasteiger partial charge in [-0.3, -0.25) is 4.79 Å². The van der Waals surface area contributed by atoms with Crippen molar-refractivity contribution in [3.8, 4) is 5.75 Å². The molecule has 0 aliphatic heterocycles. The monoisotopic (exact) mass is 256 g/mol. The zero-order valence-corrected chi connectivity index (χ0v) is 8.62. The van der Waals surface area contributed by atoms with E-state index in [9.17, 15) is 22.4 Å². The quantitative estimate of drug-likeness (QED) is 0.600. The van der Waals surface area contributed by atoms with Crippen molar-refractivity contribution in [2.75, 3.05) is 7.11 Å². The number of carbonyl (C=O) groups is 1. The van der Waals surface area contributed by atoms with Crippen LogP contribution in [0.25, 0.3) is 0 Å². The van der Waals surface area contributed by atoms with E-state index in [-0.39, 0.29) is 0 Å². The first-order valence-electron chi connectivity index (χ1n) is 3.92. The first kappa shape index (κ1) is 12.8. The third-order valence-electron chi connectivity index (χ3n) is 1.80. The Morgan fingerprint density at radius 1 is 1.38 bits per heavy atom. The molecule has 0 aliphatic rings. The molecule has 0 N–H and O–H groups in total. The second-order valence-corrected chi connectivity index (χ2v) is 3.15. The summed E-state index contributed by atoms with van der Waals surface area (Å²) >= 11 is 4.96. The molecular weight excluding hydrogens is 252 g/mol. The molecule has 0 amide bonds. The fourth-order valence-electron chi connectivity index (χ4n) is 1.05. The minimum Gasteiger partial charge on any atom is -0.494 e. The standard InChI is InChI=1S/C9H5ClF4O2/c1-16-6-3-4(9(12,13)14)2-5(7(6)11)8(10)15/h2-3H,1H3. The predicted molar refractivity (Wildman–Crippen MR) is 48.1 cm³/mol. The lowest BCUT2D eigenvalue weighted by atomic mass is 10.1. The Morgan fingerprint density at radius 2 is 1.94 bits per heavy atom. The van der Waals surface area contributed by atoms with Gasteiger partial charge < -0.3 is 4.74 Å². The Bertz CT molecular complexity index is 428. The van der Waals surface area contributed by atoms with Crippen molar-refractivity contribution in [3.63, 3.8) is 0 Å². The van der Waals surface area contributed by atoms with E-state index in [0.29, 0.717) is 12.1 Å². The summed E-state index contributed by atoms with van der Waals surface area (Å²) in [5.41, 5.74) is -2.07. The van der Waals surface area contributed by atoms with Gasteiger partial charge in [-0.25, -0.2) is 4.39 Å². The van der Waals surface area contributed by atoms with Gasteiger partial charge in [-0.15, -0.1) is 0 Å². The molecule has 0 aliphatic carbocycles. The van der Waals surface area contributed by atoms with Gasteiger partial charge in [-0.05, 0) is 23.7 Å². The van der Waals surface area contributed by atoms with E-state index in [2.05, 4.69) is 4.74 Å². The first-order valence-corrected chi connectivity index (χ1v) is 4.29. The zero-order chi connectivity index (χ0) is 12.5. The average molecular weight is 257 g/mol. The average Bonchev–Trinajstić information content (AvgIpc) is 2.15. The molecule has 1 aromatic rings. The third kappa shape index (κ3) is 2.44. The maximum atomic E-state index is 13.3. The Morgan fingerprint density at radius 3 is 2.31 bits per heavy atom. The van der Waals surface area contributed by atoms with Gasteiger partial charge in [0, 0.05) is 0 Å². The van der Waals surface area contributed by atoms with E-state index in [0.717, 1.165) is 7.11 Å². The minimum atomic E-state index is -4.71. The van der Waals surface area contributed by atoms with Crippen molar-refractivity contribution in [2.24, 2.45) is 0 Å². The van der Waals surface area contributed by atoms with E-state index in [1.165, 1.54) is 0 Å². The highest BCUT2D eigenvalue weighted by Gasteiger charge is 2.33. The molecule has 0 bridgehead atoms. The van der Waals surface area contributed by atoms with Crippen LogP contribution in [0.5, 0.6) is 5.75 Å². The van der Waals surface area contributed by atoms with Gasteiger partial charge >= 0.3 is 6.18 Å². The van der Waals surface area contributed by atoms with E-state index < -0.39 is 34.1 Å². The molecule has 1 rings (SSSR count). The third-order valence-corrected chi connectivity index (χ3v) is 2.00. The number of hydrogen-bond donors (Lipinski definition) is 0. The molecule has 0 unspecified atom stereocenters. The van der Waals surface area contributed by atoms with Crippen LogP contribution < -0.4 is 4.74 Å². The first-order chi connectivity index (χ1) is 7.27. The predicted octanol–water partition coefficient (Wildman–Crippen LogP) is 3.23. The van der Waals surface area contributed by atoms with Crippen molar-refractivity contribution in [2.45, 2.75) is 6.18 Å². The second-order valence-electron chi connectivity index (χ2n) is 2.81. The second kappa shape index (κ2) is 4.29. The lowest BCUT2D eigenvalue weighted by Crippen LogP contribution is -2.09. The van der Waals surface area contributed by atoms with E-state index in [1.807, 2.05) is 0 Å². The molecule has 0 saturated carbocycles. The van der Waals surface area contributed by atoms with Crippen molar-refractivity contribution >= 4 is 16.8 Å². The van der Waals surface area contributed by atoms with Gasteiger partial charge in [-0.1, -0.05) is 0 Å². The molecule has 0 atom stereocenters. The van der Waals surface area contributed by atoms with Gasteiger partial charge in [0.1, 0.15) is 0 Å². The maximum absolute atomic E-state index is 13.3. The Labute approximate surface area is 92.8 Å². The Balaban J connectivity index is 3.46. The summed E-state index contributed by atoms with van der Waals surface area (Å²) in [4.78, 5) is 10.7. The van der Waals surface area contributed by atoms with Gasteiger partial charge in [0.25, 0.3) is 5.24 Å². The summed E-state index contributed by atoms with van der Waals surface area (Å²) < 4.78 is 54.7. The number of carbonyl (C=O) groups excluding carboxylic acids is 1. The normalized spacial score (nSPS) is 11.4. The summed E-state index contributed by atoms with van der Waals surface area (Å²) in [5.74, 6) is -1.89. The number of alkyl halides is 3. The van der Waals surface area contributed by atoms with Crippen LogP contribution in [0.4, 0.5) is 17.6 Å². The molecule has 1 aromatic carbocycles. The van der Waals surface area contributed by atoms with E-state index in [1.54, 1.807) is 0 Å². The number of hydrogen-bond acceptors (Lipinski definition) is 2. The van der Waals surface area contributed by atoms with Crippen molar-refractivity contribution in [3.05, 3.63) is 29.1 Å². The van der Waals surface area contributed by atoms with Gasteiger partial charge in [-0.2, -0.15) is 13.2 Å². The number of halogens is 5. The molecule has 2 nitrogen and oxygen atoms in total. The Kier molecular flexibility index (Phi) is 3.42. The summed E-state index contributed by atoms with van der Waals surface area (Å²) in [7, 11) is 0.987. The number of ether oxygens (including phenoxy) is 1. The van der Waals surface area contributed by atoms with Crippen molar-refractivity contribution in [1.29, 1.82) is 0 Å². The topological polar surface area (TPSA) is 26.3 Å². The molecule has 16 heavy (non-hydrogen) atoms. The Hall–Kier alpha value is -1.30. The number of benzene rings is 1. The highest BCUT2D eigenvalue weighted by Crippen LogP contribution is 2.34.